The zero-order chi connectivity index (χ0) is 13.4. The normalized spacial score (nSPS) is 14.3. The van der Waals surface area contributed by atoms with Gasteiger partial charge in [0.05, 0.1) is 12.3 Å². The Morgan fingerprint density at radius 2 is 2.18 bits per heavy atom. The van der Waals surface area contributed by atoms with Gasteiger partial charge in [-0.25, -0.2) is 0 Å². The van der Waals surface area contributed by atoms with Crippen LogP contribution in [-0.4, -0.2) is 34.3 Å². The minimum atomic E-state index is -0.802. The van der Waals surface area contributed by atoms with Crippen molar-refractivity contribution < 1.29 is 14.9 Å². The third-order valence-electron chi connectivity index (χ3n) is 2.21. The monoisotopic (exact) mass is 243 g/mol. The molecule has 0 bridgehead atoms. The molecule has 0 aromatic rings. The van der Waals surface area contributed by atoms with Crippen molar-refractivity contribution >= 4 is 11.6 Å². The van der Waals surface area contributed by atoms with Gasteiger partial charge < -0.3 is 10.5 Å². The Morgan fingerprint density at radius 1 is 1.59 bits per heavy atom. The van der Waals surface area contributed by atoms with Crippen molar-refractivity contribution in [3.8, 4) is 0 Å². The lowest BCUT2D eigenvalue weighted by atomic mass is 10.1. The van der Waals surface area contributed by atoms with Crippen LogP contribution in [0.5, 0.6) is 0 Å². The molecular weight excluding hydrogens is 226 g/mol. The van der Waals surface area contributed by atoms with E-state index in [0.717, 1.165) is 0 Å². The number of nitrogens with one attached hydrogen (secondary N) is 1. The summed E-state index contributed by atoms with van der Waals surface area (Å²) in [6.07, 6.45) is 1.76. The summed E-state index contributed by atoms with van der Waals surface area (Å²) >= 11 is 0. The Bertz CT molecular complexity index is 349. The summed E-state index contributed by atoms with van der Waals surface area (Å²) in [6, 6.07) is -0.802. The van der Waals surface area contributed by atoms with Crippen molar-refractivity contribution in [1.82, 2.24) is 5.32 Å². The zero-order valence-corrected chi connectivity index (χ0v) is 10.1. The van der Waals surface area contributed by atoms with E-state index in [-0.39, 0.29) is 23.1 Å². The van der Waals surface area contributed by atoms with Gasteiger partial charge >= 0.3 is 0 Å². The molecule has 1 atom stereocenters. The lowest BCUT2D eigenvalue weighted by Crippen LogP contribution is -2.27. The Hall–Kier alpha value is -1.92. The molecule has 0 rings (SSSR count). The lowest BCUT2D eigenvalue weighted by molar-refractivity contribution is -0.512. The SMILES string of the molecule is CCC(C(C)=CC(CNC(C)=O)=NO)[N+](=O)[O-]. The van der Waals surface area contributed by atoms with Crippen LogP contribution in [0.25, 0.3) is 0 Å². The Kier molecular flexibility index (Phi) is 6.54. The highest BCUT2D eigenvalue weighted by atomic mass is 16.6. The van der Waals surface area contributed by atoms with Crippen molar-refractivity contribution in [2.24, 2.45) is 5.16 Å². The van der Waals surface area contributed by atoms with Crippen molar-refractivity contribution in [2.75, 3.05) is 6.54 Å². The smallest absolute Gasteiger partial charge is 0.233 e. The fourth-order valence-electron chi connectivity index (χ4n) is 1.33. The van der Waals surface area contributed by atoms with Crippen LogP contribution in [0.1, 0.15) is 27.2 Å². The average molecular weight is 243 g/mol. The first-order chi connectivity index (χ1) is 7.92. The molecule has 0 fully saturated rings. The van der Waals surface area contributed by atoms with Crippen LogP contribution in [0.4, 0.5) is 0 Å². The van der Waals surface area contributed by atoms with Crippen molar-refractivity contribution in [2.45, 2.75) is 33.2 Å². The number of nitro groups is 1. The molecule has 7 nitrogen and oxygen atoms in total. The van der Waals surface area contributed by atoms with Crippen LogP contribution in [0.3, 0.4) is 0 Å². The van der Waals surface area contributed by atoms with Gasteiger partial charge in [-0.15, -0.1) is 0 Å². The van der Waals surface area contributed by atoms with Gasteiger partial charge in [0.15, 0.2) is 0 Å². The highest BCUT2D eigenvalue weighted by molar-refractivity contribution is 5.98. The second-order valence-electron chi connectivity index (χ2n) is 3.60. The molecule has 0 heterocycles. The van der Waals surface area contributed by atoms with Crippen LogP contribution >= 0.6 is 0 Å². The van der Waals surface area contributed by atoms with Crippen molar-refractivity contribution in [3.05, 3.63) is 21.8 Å². The highest BCUT2D eigenvalue weighted by Crippen LogP contribution is 2.09. The number of carbonyl (C=O) groups excluding carboxylic acids is 1. The van der Waals surface area contributed by atoms with E-state index in [1.54, 1.807) is 13.8 Å². The molecule has 0 aliphatic rings. The first kappa shape index (κ1) is 15.1. The molecule has 7 heteroatoms. The molecule has 0 aliphatic heterocycles. The van der Waals surface area contributed by atoms with E-state index in [1.807, 2.05) is 0 Å². The predicted octanol–water partition coefficient (Wildman–Crippen LogP) is 0.954. The summed E-state index contributed by atoms with van der Waals surface area (Å²) in [5, 5.41) is 24.8. The number of carbonyl (C=O) groups is 1. The Labute approximate surface area is 99.3 Å². The molecule has 0 saturated carbocycles. The molecule has 17 heavy (non-hydrogen) atoms. The standard InChI is InChI=1S/C10H17N3O4/c1-4-10(13(16)17)7(2)5-9(12-15)6-11-8(3)14/h5,10,15H,4,6H2,1-3H3,(H,11,14). The van der Waals surface area contributed by atoms with Crippen LogP contribution in [0, 0.1) is 10.1 Å². The molecule has 1 amide bonds. The minimum Gasteiger partial charge on any atom is -0.411 e. The Balaban J connectivity index is 4.72. The van der Waals surface area contributed by atoms with Crippen LogP contribution < -0.4 is 5.32 Å². The number of hydrogen-bond donors (Lipinski definition) is 2. The van der Waals surface area contributed by atoms with E-state index >= 15 is 0 Å². The van der Waals surface area contributed by atoms with Gasteiger partial charge in [0, 0.05) is 23.8 Å². The number of hydrogen-bond acceptors (Lipinski definition) is 5. The molecule has 2 N–H and O–H groups in total. The van der Waals surface area contributed by atoms with Crippen LogP contribution in [0.2, 0.25) is 0 Å². The molecule has 96 valence electrons. The summed E-state index contributed by atoms with van der Waals surface area (Å²) in [7, 11) is 0. The first-order valence-electron chi connectivity index (χ1n) is 5.19. The lowest BCUT2D eigenvalue weighted by Gasteiger charge is -2.08. The fraction of sp³-hybridized carbons (Fsp3) is 0.600. The van der Waals surface area contributed by atoms with Crippen LogP contribution in [0.15, 0.2) is 16.8 Å². The third kappa shape index (κ3) is 5.64. The van der Waals surface area contributed by atoms with Gasteiger partial charge in [-0.3, -0.25) is 14.9 Å². The average Bonchev–Trinajstić information content (AvgIpc) is 2.24. The summed E-state index contributed by atoms with van der Waals surface area (Å²) in [6.45, 7) is 4.67. The van der Waals surface area contributed by atoms with Gasteiger partial charge in [-0.1, -0.05) is 12.1 Å². The van der Waals surface area contributed by atoms with E-state index in [0.29, 0.717) is 12.0 Å². The zero-order valence-electron chi connectivity index (χ0n) is 10.1. The van der Waals surface area contributed by atoms with Crippen molar-refractivity contribution in [1.29, 1.82) is 0 Å². The maximum Gasteiger partial charge on any atom is 0.233 e. The van der Waals surface area contributed by atoms with E-state index in [2.05, 4.69) is 10.5 Å². The Morgan fingerprint density at radius 3 is 2.53 bits per heavy atom. The van der Waals surface area contributed by atoms with Gasteiger partial charge in [0.25, 0.3) is 0 Å². The summed E-state index contributed by atoms with van der Waals surface area (Å²) in [4.78, 5) is 21.0. The molecular formula is C10H17N3O4. The minimum absolute atomic E-state index is 0.0390. The van der Waals surface area contributed by atoms with Crippen LogP contribution in [-0.2, 0) is 4.79 Å². The summed E-state index contributed by atoms with van der Waals surface area (Å²) < 4.78 is 0. The van der Waals surface area contributed by atoms with Crippen molar-refractivity contribution in [3.63, 3.8) is 0 Å². The number of oxime groups is 1. The summed E-state index contributed by atoms with van der Waals surface area (Å²) in [5.41, 5.74) is 0.661. The maximum atomic E-state index is 10.7. The topological polar surface area (TPSA) is 105 Å². The molecule has 0 aromatic carbocycles. The maximum absolute atomic E-state index is 10.7. The van der Waals surface area contributed by atoms with Gasteiger partial charge in [0.1, 0.15) is 0 Å². The quantitative estimate of drug-likeness (QED) is 0.313. The predicted molar refractivity (Wildman–Crippen MR) is 62.7 cm³/mol. The second kappa shape index (κ2) is 7.37. The van der Waals surface area contributed by atoms with Gasteiger partial charge in [0.2, 0.25) is 11.9 Å². The molecule has 0 radical (unpaired) electrons. The number of nitrogens with zero attached hydrogens (tertiary/aromatic N) is 2. The fourth-order valence-corrected chi connectivity index (χ4v) is 1.33. The van der Waals surface area contributed by atoms with Gasteiger partial charge in [-0.05, 0) is 13.0 Å². The molecule has 1 unspecified atom stereocenters. The third-order valence-corrected chi connectivity index (χ3v) is 2.21. The van der Waals surface area contributed by atoms with E-state index in [1.165, 1.54) is 13.0 Å². The highest BCUT2D eigenvalue weighted by Gasteiger charge is 2.19. The second-order valence-corrected chi connectivity index (χ2v) is 3.60. The van der Waals surface area contributed by atoms with E-state index in [9.17, 15) is 14.9 Å². The van der Waals surface area contributed by atoms with Gasteiger partial charge in [-0.2, -0.15) is 0 Å². The summed E-state index contributed by atoms with van der Waals surface area (Å²) in [5.74, 6) is -0.265. The van der Waals surface area contributed by atoms with E-state index in [4.69, 9.17) is 5.21 Å². The first-order valence-corrected chi connectivity index (χ1v) is 5.19. The molecule has 0 aliphatic carbocycles. The molecule has 0 aromatic heterocycles. The number of rotatable bonds is 6. The molecule has 0 saturated heterocycles. The molecule has 0 spiro atoms. The largest absolute Gasteiger partial charge is 0.411 e. The van der Waals surface area contributed by atoms with E-state index < -0.39 is 6.04 Å². The number of amides is 1.